The van der Waals surface area contributed by atoms with Crippen LogP contribution in [0.25, 0.3) is 0 Å². The van der Waals surface area contributed by atoms with Crippen LogP contribution in [-0.2, 0) is 16.1 Å². The van der Waals surface area contributed by atoms with Gasteiger partial charge < -0.3 is 14.4 Å². The molecule has 0 aliphatic carbocycles. The number of carbonyl (C=O) groups excluding carboxylic acids is 2. The van der Waals surface area contributed by atoms with Gasteiger partial charge in [0.25, 0.3) is 0 Å². The van der Waals surface area contributed by atoms with Gasteiger partial charge in [0.15, 0.2) is 5.78 Å². The molecule has 0 spiro atoms. The first-order valence-corrected chi connectivity index (χ1v) is 4.97. The lowest BCUT2D eigenvalue weighted by atomic mass is 10.2. The Balaban J connectivity index is 2.92. The van der Waals surface area contributed by atoms with Crippen molar-refractivity contribution in [2.24, 2.45) is 0 Å². The van der Waals surface area contributed by atoms with Crippen molar-refractivity contribution in [2.45, 2.75) is 19.9 Å². The van der Waals surface area contributed by atoms with E-state index in [4.69, 9.17) is 5.11 Å². The molecule has 1 rings (SSSR count). The molecule has 0 aliphatic heterocycles. The number of hydrogen-bond donors (Lipinski definition) is 1. The van der Waals surface area contributed by atoms with Crippen LogP contribution in [0.4, 0.5) is 0 Å². The van der Waals surface area contributed by atoms with E-state index in [-0.39, 0.29) is 24.4 Å². The van der Waals surface area contributed by atoms with Crippen LogP contribution in [0.15, 0.2) is 12.3 Å². The minimum Gasteiger partial charge on any atom is -0.477 e. The number of carboxylic acid groups (broad SMARTS) is 1. The van der Waals surface area contributed by atoms with E-state index in [1.54, 1.807) is 0 Å². The summed E-state index contributed by atoms with van der Waals surface area (Å²) in [5.74, 6) is -1.79. The lowest BCUT2D eigenvalue weighted by Crippen LogP contribution is -2.11. The van der Waals surface area contributed by atoms with Gasteiger partial charge in [-0.15, -0.1) is 0 Å². The van der Waals surface area contributed by atoms with Crippen LogP contribution in [-0.4, -0.2) is 34.5 Å². The number of esters is 1. The summed E-state index contributed by atoms with van der Waals surface area (Å²) in [4.78, 5) is 33.0. The third kappa shape index (κ3) is 3.17. The van der Waals surface area contributed by atoms with E-state index in [0.29, 0.717) is 5.56 Å². The van der Waals surface area contributed by atoms with Gasteiger partial charge >= 0.3 is 11.9 Å². The predicted octanol–water partition coefficient (Wildman–Crippen LogP) is 0.952. The summed E-state index contributed by atoms with van der Waals surface area (Å²) in [7, 11) is 1.26. The fourth-order valence-electron chi connectivity index (χ4n) is 1.38. The fraction of sp³-hybridized carbons (Fsp3) is 0.364. The maximum absolute atomic E-state index is 11.1. The van der Waals surface area contributed by atoms with Crippen molar-refractivity contribution in [1.82, 2.24) is 4.57 Å². The molecule has 0 aromatic carbocycles. The van der Waals surface area contributed by atoms with Crippen molar-refractivity contribution in [3.63, 3.8) is 0 Å². The zero-order chi connectivity index (χ0) is 13.0. The van der Waals surface area contributed by atoms with Gasteiger partial charge in [-0.2, -0.15) is 0 Å². The highest BCUT2D eigenvalue weighted by molar-refractivity contribution is 5.97. The van der Waals surface area contributed by atoms with Gasteiger partial charge in [0.05, 0.1) is 13.5 Å². The van der Waals surface area contributed by atoms with Crippen molar-refractivity contribution in [2.75, 3.05) is 7.11 Å². The summed E-state index contributed by atoms with van der Waals surface area (Å²) in [6, 6.07) is 1.29. The van der Waals surface area contributed by atoms with Crippen LogP contribution in [0.2, 0.25) is 0 Å². The molecule has 0 fully saturated rings. The molecule has 1 heterocycles. The number of carboxylic acids is 1. The molecule has 0 bridgehead atoms. The van der Waals surface area contributed by atoms with Crippen LogP contribution in [0, 0.1) is 0 Å². The lowest BCUT2D eigenvalue weighted by molar-refractivity contribution is -0.140. The van der Waals surface area contributed by atoms with Gasteiger partial charge in [-0.3, -0.25) is 9.59 Å². The Hall–Kier alpha value is -2.11. The van der Waals surface area contributed by atoms with Crippen LogP contribution in [0.3, 0.4) is 0 Å². The Morgan fingerprint density at radius 3 is 2.53 bits per heavy atom. The van der Waals surface area contributed by atoms with Gasteiger partial charge in [-0.1, -0.05) is 0 Å². The monoisotopic (exact) mass is 239 g/mol. The van der Waals surface area contributed by atoms with Gasteiger partial charge in [0, 0.05) is 18.3 Å². The first-order valence-electron chi connectivity index (χ1n) is 4.97. The molecule has 17 heavy (non-hydrogen) atoms. The number of aromatic carboxylic acids is 1. The Morgan fingerprint density at radius 1 is 1.41 bits per heavy atom. The van der Waals surface area contributed by atoms with E-state index in [2.05, 4.69) is 4.74 Å². The number of rotatable bonds is 5. The average molecular weight is 239 g/mol. The summed E-state index contributed by atoms with van der Waals surface area (Å²) in [5.41, 5.74) is 0.298. The van der Waals surface area contributed by atoms with Gasteiger partial charge in [0.2, 0.25) is 0 Å². The third-order valence-electron chi connectivity index (χ3n) is 2.31. The van der Waals surface area contributed by atoms with Gasteiger partial charge in [-0.05, 0) is 13.0 Å². The zero-order valence-electron chi connectivity index (χ0n) is 9.60. The summed E-state index contributed by atoms with van der Waals surface area (Å²) < 4.78 is 5.82. The van der Waals surface area contributed by atoms with Crippen molar-refractivity contribution < 1.29 is 24.2 Å². The molecule has 92 valence electrons. The largest absolute Gasteiger partial charge is 0.477 e. The average Bonchev–Trinajstić information content (AvgIpc) is 2.70. The maximum Gasteiger partial charge on any atom is 0.352 e. The molecule has 0 amide bonds. The number of ketones is 1. The van der Waals surface area contributed by atoms with Crippen molar-refractivity contribution in [3.8, 4) is 0 Å². The maximum atomic E-state index is 11.1. The van der Waals surface area contributed by atoms with Crippen LogP contribution in [0.5, 0.6) is 0 Å². The number of carbonyl (C=O) groups is 3. The highest BCUT2D eigenvalue weighted by atomic mass is 16.5. The number of methoxy groups -OCH3 is 1. The minimum atomic E-state index is -1.14. The summed E-state index contributed by atoms with van der Waals surface area (Å²) >= 11 is 0. The van der Waals surface area contributed by atoms with Crippen molar-refractivity contribution in [1.29, 1.82) is 0 Å². The number of aryl methyl sites for hydroxylation is 1. The highest BCUT2D eigenvalue weighted by Crippen LogP contribution is 2.11. The topological polar surface area (TPSA) is 85.6 Å². The second-order valence-electron chi connectivity index (χ2n) is 3.49. The number of aromatic nitrogens is 1. The van der Waals surface area contributed by atoms with Crippen LogP contribution in [0.1, 0.15) is 34.2 Å². The predicted molar refractivity (Wildman–Crippen MR) is 58.0 cm³/mol. The Labute approximate surface area is 97.8 Å². The number of Topliss-reactive ketones (excluding diaryl/α,β-unsaturated/α-hetero) is 1. The van der Waals surface area contributed by atoms with E-state index in [0.717, 1.165) is 0 Å². The Kier molecular flexibility index (Phi) is 4.03. The van der Waals surface area contributed by atoms with Crippen LogP contribution < -0.4 is 0 Å². The molecule has 1 aromatic rings. The lowest BCUT2D eigenvalue weighted by Gasteiger charge is -2.04. The van der Waals surface area contributed by atoms with E-state index in [1.807, 2.05) is 0 Å². The molecule has 0 atom stereocenters. The third-order valence-corrected chi connectivity index (χ3v) is 2.31. The van der Waals surface area contributed by atoms with E-state index in [9.17, 15) is 14.4 Å². The Bertz CT molecular complexity index is 460. The van der Waals surface area contributed by atoms with E-state index < -0.39 is 11.9 Å². The zero-order valence-corrected chi connectivity index (χ0v) is 9.60. The van der Waals surface area contributed by atoms with E-state index >= 15 is 0 Å². The molecular weight excluding hydrogens is 226 g/mol. The van der Waals surface area contributed by atoms with Gasteiger partial charge in [0.1, 0.15) is 5.69 Å². The van der Waals surface area contributed by atoms with Crippen LogP contribution >= 0.6 is 0 Å². The molecule has 0 saturated heterocycles. The molecule has 1 N–H and O–H groups in total. The second kappa shape index (κ2) is 5.29. The fourth-order valence-corrected chi connectivity index (χ4v) is 1.38. The SMILES string of the molecule is COC(=O)CCn1cc(C(C)=O)cc1C(=O)O. The normalized spacial score (nSPS) is 10.0. The number of ether oxygens (including phenoxy) is 1. The van der Waals surface area contributed by atoms with E-state index in [1.165, 1.54) is 30.9 Å². The molecule has 0 aliphatic rings. The summed E-state index contributed by atoms with van der Waals surface area (Å²) in [6.07, 6.45) is 1.48. The van der Waals surface area contributed by atoms with Crippen molar-refractivity contribution >= 4 is 17.7 Å². The van der Waals surface area contributed by atoms with Crippen molar-refractivity contribution in [3.05, 3.63) is 23.5 Å². The number of hydrogen-bond acceptors (Lipinski definition) is 4. The smallest absolute Gasteiger partial charge is 0.352 e. The standard InChI is InChI=1S/C11H13NO5/c1-7(13)8-5-9(11(15)16)12(6-8)4-3-10(14)17-2/h5-6H,3-4H2,1-2H3,(H,15,16). The molecular formula is C11H13NO5. The molecule has 6 heteroatoms. The molecule has 0 unspecified atom stereocenters. The molecule has 0 radical (unpaired) electrons. The Morgan fingerprint density at radius 2 is 2.06 bits per heavy atom. The molecule has 0 saturated carbocycles. The first kappa shape index (κ1) is 13.0. The molecule has 6 nitrogen and oxygen atoms in total. The summed E-state index contributed by atoms with van der Waals surface area (Å²) in [5, 5.41) is 8.93. The minimum absolute atomic E-state index is 0.0147. The first-order chi connectivity index (χ1) is 7.95. The second-order valence-corrected chi connectivity index (χ2v) is 3.49. The highest BCUT2D eigenvalue weighted by Gasteiger charge is 2.15. The van der Waals surface area contributed by atoms with Gasteiger partial charge in [-0.25, -0.2) is 4.79 Å². The number of nitrogens with zero attached hydrogens (tertiary/aromatic N) is 1. The molecule has 1 aromatic heterocycles. The summed E-state index contributed by atoms with van der Waals surface area (Å²) in [6.45, 7) is 1.52. The quantitative estimate of drug-likeness (QED) is 0.610.